The fourth-order valence-electron chi connectivity index (χ4n) is 5.72. The first-order valence-corrected chi connectivity index (χ1v) is 54.8. The molecule has 0 bridgehead atoms. The molecule has 458 valence electrons. The van der Waals surface area contributed by atoms with Crippen LogP contribution in [0.4, 0.5) is 0 Å². The normalized spacial score (nSPS) is 12.0. The largest absolute Gasteiger partial charge is 4.00 e. The molecular weight excluding hydrogens is 1430 g/mol. The Morgan fingerprint density at radius 2 is 0.580 bits per heavy atom. The summed E-state index contributed by atoms with van der Waals surface area (Å²) in [5, 5.41) is 18.3. The molecule has 1 N–H and O–H groups in total. The van der Waals surface area contributed by atoms with Crippen molar-refractivity contribution in [3.05, 3.63) is 154 Å². The second-order valence-corrected chi connectivity index (χ2v) is 66.2. The van der Waals surface area contributed by atoms with Gasteiger partial charge in [-0.1, -0.05) is 238 Å². The Morgan fingerprint density at radius 1 is 0.383 bits per heavy atom. The Labute approximate surface area is 548 Å². The quantitative estimate of drug-likeness (QED) is 0.0736. The molecule has 0 unspecified atom stereocenters. The van der Waals surface area contributed by atoms with Crippen LogP contribution in [0.2, 0.25) is 137 Å². The Balaban J connectivity index is -0.000000299. The Kier molecular flexibility index (Phi) is 44.5. The zero-order valence-electron chi connectivity index (χ0n) is 57.8. The van der Waals surface area contributed by atoms with E-state index in [-0.39, 0.29) is 76.1 Å². The van der Waals surface area contributed by atoms with E-state index in [0.29, 0.717) is 6.04 Å². The van der Waals surface area contributed by atoms with Crippen molar-refractivity contribution in [2.45, 2.75) is 223 Å². The van der Waals surface area contributed by atoms with E-state index in [1.165, 1.54) is 43.6 Å². The summed E-state index contributed by atoms with van der Waals surface area (Å²) in [4.78, 5) is 4.83. The van der Waals surface area contributed by atoms with E-state index in [4.69, 9.17) is 15.6 Å². The average molecular weight is 1550 g/mol. The van der Waals surface area contributed by atoms with Crippen LogP contribution in [0.5, 0.6) is 0 Å². The fraction of sp³-hybridized carbons (Fsp3) is 0.515. The van der Waals surface area contributed by atoms with Crippen LogP contribution in [0, 0.1) is 45.8 Å². The molecule has 0 radical (unpaired) electrons. The summed E-state index contributed by atoms with van der Waals surface area (Å²) >= 11 is 0. The van der Waals surface area contributed by atoms with Crippen molar-refractivity contribution in [3.8, 4) is 0 Å². The molecule has 4 aromatic carbocycles. The molecule has 2 aromatic heterocycles. The summed E-state index contributed by atoms with van der Waals surface area (Å²) in [6.45, 7) is 90.8. The van der Waals surface area contributed by atoms with Crippen LogP contribution >= 0.6 is 0 Å². The van der Waals surface area contributed by atoms with E-state index < -0.39 is 56.5 Å². The van der Waals surface area contributed by atoms with Gasteiger partial charge < -0.3 is 66.3 Å². The van der Waals surface area contributed by atoms with Crippen molar-refractivity contribution in [2.75, 3.05) is 0 Å². The van der Waals surface area contributed by atoms with Gasteiger partial charge in [0.2, 0.25) is 5.96 Å². The molecule has 0 aliphatic rings. The van der Waals surface area contributed by atoms with Crippen molar-refractivity contribution in [1.29, 1.82) is 0 Å². The molecular formula is C66H123Hf2N6Si7-5. The number of aromatic nitrogens is 2. The number of aliphatic imine (C=N–C) groups is 1. The number of hydrogen-bond donors (Lipinski definition) is 1. The zero-order chi connectivity index (χ0) is 62.9. The second-order valence-electron chi connectivity index (χ2n) is 30.4. The third-order valence-electron chi connectivity index (χ3n) is 7.30. The minimum Gasteiger partial charge on any atom is -0.658 e. The maximum absolute atomic E-state index is 4.86. The first kappa shape index (κ1) is 88.9. The molecule has 0 saturated heterocycles. The molecule has 6 rings (SSSR count). The van der Waals surface area contributed by atoms with Crippen LogP contribution in [0.3, 0.4) is 0 Å². The molecule has 6 nitrogen and oxygen atoms in total. The second kappa shape index (κ2) is 40.6. The molecule has 15 heteroatoms. The molecule has 0 amide bonds. The maximum Gasteiger partial charge on any atom is 4.00 e. The summed E-state index contributed by atoms with van der Waals surface area (Å²) in [5.41, 5.74) is 4.78. The third kappa shape index (κ3) is 56.7. The van der Waals surface area contributed by atoms with Crippen LogP contribution < -0.4 is 5.32 Å². The summed E-state index contributed by atoms with van der Waals surface area (Å²) in [5.74, 6) is 0.919. The van der Waals surface area contributed by atoms with Crippen LogP contribution in [-0.4, -0.2) is 95.8 Å². The molecule has 0 saturated carbocycles. The monoisotopic (exact) mass is 1560 g/mol. The number of nitrogens with zero attached hydrogens (tertiary/aromatic N) is 5. The zero-order valence-corrected chi connectivity index (χ0v) is 72.0. The molecule has 0 aliphatic heterocycles. The van der Waals surface area contributed by atoms with Crippen molar-refractivity contribution in [2.24, 2.45) is 4.99 Å². The summed E-state index contributed by atoms with van der Waals surface area (Å²) in [7, 11) is -6.03. The van der Waals surface area contributed by atoms with E-state index in [1.54, 1.807) is 0 Å². The number of benzene rings is 4. The van der Waals surface area contributed by atoms with Gasteiger partial charge in [-0.3, -0.25) is 4.57 Å². The molecule has 81 heavy (non-hydrogen) atoms. The van der Waals surface area contributed by atoms with Crippen molar-refractivity contribution < 1.29 is 51.7 Å². The number of fused-ring (bicyclic) bond motifs is 6. The maximum atomic E-state index is 4.86. The summed E-state index contributed by atoms with van der Waals surface area (Å²) in [6, 6.07) is 35.1. The third-order valence-corrected chi connectivity index (χ3v) is 7.30. The molecule has 0 spiro atoms. The smallest absolute Gasteiger partial charge is 0.658 e. The van der Waals surface area contributed by atoms with Gasteiger partial charge in [0.05, 0.1) is 11.0 Å². The molecule has 0 atom stereocenters. The van der Waals surface area contributed by atoms with Gasteiger partial charge in [-0.25, -0.2) is 4.99 Å². The van der Waals surface area contributed by atoms with Gasteiger partial charge in [-0.05, 0) is 52.0 Å². The van der Waals surface area contributed by atoms with Gasteiger partial charge in [0.1, 0.15) is 0 Å². The SMILES string of the molecule is CC(C)N=C(NC(C)C)n1c2ccccc2c2ccccc21.CC(C)[N-]C([N-]C(C)C)n1c2ccccc2c2ccccc21.[CH2-][Si](C)(C)C.[CH2-][Si](C)(C)C.[CH2-][Si](C)(C)C.[CH2-][Si](C)(C)C.[CH2-][Si](C)(C)C.[CH2-][Si](C)(C)C.[CH2-][Si](C)(C)C.[Hf+4].[Hf]. The number of hydrogen-bond acceptors (Lipinski definition) is 1. The average Bonchev–Trinajstić information content (AvgIpc) is 3.69. The van der Waals surface area contributed by atoms with Gasteiger partial charge in [0.15, 0.2) is 0 Å². The van der Waals surface area contributed by atoms with Gasteiger partial charge in [0.25, 0.3) is 0 Å². The standard InChI is InChI=1S/2C19H23N3.7C4H11Si.2Hf/c2*1-13(2)20-19(21-14(3)4)22-17-11-7-5-9-15(17)16-10-6-8-12-18(16)22;7*1-5(2,3)4;;/h5-14H,1-4H3,(H,20,21);5-14,19H,1-4H3;7*1H2,2-4H3;;/q;-2;7*-1;;+4. The van der Waals surface area contributed by atoms with E-state index >= 15 is 0 Å². The minimum absolute atomic E-state index is 0. The van der Waals surface area contributed by atoms with Crippen LogP contribution in [-0.2, 0) is 51.7 Å². The fourth-order valence-corrected chi connectivity index (χ4v) is 5.72. The summed E-state index contributed by atoms with van der Waals surface area (Å²) < 4.78 is 4.51. The van der Waals surface area contributed by atoms with Gasteiger partial charge in [-0.15, -0.1) is 68.6 Å². The Bertz CT molecular complexity index is 2310. The van der Waals surface area contributed by atoms with Crippen molar-refractivity contribution in [1.82, 2.24) is 14.5 Å². The Morgan fingerprint density at radius 3 is 0.778 bits per heavy atom. The van der Waals surface area contributed by atoms with Crippen molar-refractivity contribution in [3.63, 3.8) is 0 Å². The number of rotatable bonds is 7. The summed E-state index contributed by atoms with van der Waals surface area (Å²) in [6.07, 6.45) is -0.176. The van der Waals surface area contributed by atoms with Gasteiger partial charge >= 0.3 is 25.8 Å². The number of para-hydroxylation sites is 4. The Hall–Kier alpha value is -0.872. The van der Waals surface area contributed by atoms with Gasteiger partial charge in [0, 0.05) is 70.5 Å². The predicted octanol–water partition coefficient (Wildman–Crippen LogP) is 22.1. The van der Waals surface area contributed by atoms with Gasteiger partial charge in [-0.2, -0.15) is 6.29 Å². The van der Waals surface area contributed by atoms with E-state index in [1.807, 2.05) is 0 Å². The van der Waals surface area contributed by atoms with E-state index in [0.717, 1.165) is 5.96 Å². The van der Waals surface area contributed by atoms with E-state index in [2.05, 4.69) is 350 Å². The van der Waals surface area contributed by atoms with Crippen LogP contribution in [0.25, 0.3) is 54.2 Å². The first-order valence-electron chi connectivity index (χ1n) is 28.8. The number of nitrogens with one attached hydrogen (secondary N) is 1. The van der Waals surface area contributed by atoms with E-state index in [9.17, 15) is 0 Å². The minimum atomic E-state index is -0.861. The van der Waals surface area contributed by atoms with Crippen molar-refractivity contribution >= 4 is 106 Å². The molecule has 0 fully saturated rings. The van der Waals surface area contributed by atoms with Crippen LogP contribution in [0.15, 0.2) is 102 Å². The molecule has 6 aromatic rings. The molecule has 2 heterocycles. The van der Waals surface area contributed by atoms with Crippen LogP contribution in [0.1, 0.15) is 61.7 Å². The predicted molar refractivity (Wildman–Crippen MR) is 392 cm³/mol. The topological polar surface area (TPSA) is 62.5 Å². The first-order chi connectivity index (χ1) is 35.2. The molecule has 0 aliphatic carbocycles.